The van der Waals surface area contributed by atoms with Crippen LogP contribution in [0.2, 0.25) is 0 Å². The lowest BCUT2D eigenvalue weighted by molar-refractivity contribution is -0.141. The number of anilines is 2. The summed E-state index contributed by atoms with van der Waals surface area (Å²) in [5.74, 6) is 0.132. The number of fused-ring (bicyclic) bond motifs is 1. The van der Waals surface area contributed by atoms with Gasteiger partial charge in [0.15, 0.2) is 5.69 Å². The lowest BCUT2D eigenvalue weighted by Gasteiger charge is -2.11. The summed E-state index contributed by atoms with van der Waals surface area (Å²) in [5, 5.41) is 2.74. The van der Waals surface area contributed by atoms with Gasteiger partial charge in [0.25, 0.3) is 0 Å². The summed E-state index contributed by atoms with van der Waals surface area (Å²) in [6.07, 6.45) is -6.88. The molecule has 4 aromatic heterocycles. The highest BCUT2D eigenvalue weighted by Crippen LogP contribution is 2.37. The highest BCUT2D eigenvalue weighted by molar-refractivity contribution is 5.67. The maximum atomic E-state index is 13.5. The van der Waals surface area contributed by atoms with E-state index < -0.39 is 23.7 Å². The molecule has 0 bridgehead atoms. The number of hydrogen-bond acceptors (Lipinski definition) is 4. The van der Waals surface area contributed by atoms with Crippen LogP contribution in [0.3, 0.4) is 0 Å². The van der Waals surface area contributed by atoms with Gasteiger partial charge in [-0.1, -0.05) is 12.1 Å². The molecule has 4 aromatic rings. The highest BCUT2D eigenvalue weighted by atomic mass is 19.4. The van der Waals surface area contributed by atoms with Crippen LogP contribution in [0.15, 0.2) is 60.9 Å². The Hall–Kier alpha value is -3.63. The molecule has 154 valence electrons. The standard InChI is InChI=1S/C19H11F6N5/c20-18(21,22)13-8-7-11(10-26-13)27-14-5-3-4-12(28-14)16-17(19(23,24)25)29-15-6-1-2-9-30(15)16/h1-10H,(H,27,28). The Morgan fingerprint density at radius 3 is 2.27 bits per heavy atom. The van der Waals surface area contributed by atoms with Crippen molar-refractivity contribution in [2.75, 3.05) is 5.32 Å². The predicted molar refractivity (Wildman–Crippen MR) is 95.9 cm³/mol. The number of alkyl halides is 6. The molecule has 11 heteroatoms. The van der Waals surface area contributed by atoms with Gasteiger partial charge >= 0.3 is 12.4 Å². The van der Waals surface area contributed by atoms with Gasteiger partial charge in [-0.3, -0.25) is 4.40 Å². The van der Waals surface area contributed by atoms with E-state index >= 15 is 0 Å². The molecular weight excluding hydrogens is 412 g/mol. The van der Waals surface area contributed by atoms with E-state index in [9.17, 15) is 26.3 Å². The average Bonchev–Trinajstić information content (AvgIpc) is 3.08. The van der Waals surface area contributed by atoms with Crippen LogP contribution < -0.4 is 5.32 Å². The molecule has 0 saturated carbocycles. The number of nitrogens with one attached hydrogen (secondary N) is 1. The van der Waals surface area contributed by atoms with Gasteiger partial charge in [0, 0.05) is 6.20 Å². The normalized spacial score (nSPS) is 12.3. The maximum absolute atomic E-state index is 13.5. The molecule has 30 heavy (non-hydrogen) atoms. The van der Waals surface area contributed by atoms with E-state index in [2.05, 4.69) is 20.3 Å². The Bertz CT molecular complexity index is 1190. The number of pyridine rings is 3. The Morgan fingerprint density at radius 1 is 0.800 bits per heavy atom. The molecule has 0 aliphatic carbocycles. The van der Waals surface area contributed by atoms with Crippen molar-refractivity contribution in [2.45, 2.75) is 12.4 Å². The zero-order valence-electron chi connectivity index (χ0n) is 14.8. The smallest absolute Gasteiger partial charge is 0.339 e. The first-order valence-electron chi connectivity index (χ1n) is 8.45. The second kappa shape index (κ2) is 7.01. The predicted octanol–water partition coefficient (Wildman–Crippen LogP) is 5.57. The Labute approximate surface area is 165 Å². The van der Waals surface area contributed by atoms with Crippen LogP contribution in [0.1, 0.15) is 11.4 Å². The Morgan fingerprint density at radius 2 is 1.60 bits per heavy atom. The van der Waals surface area contributed by atoms with E-state index in [-0.39, 0.29) is 28.5 Å². The van der Waals surface area contributed by atoms with Crippen molar-refractivity contribution in [1.82, 2.24) is 19.4 Å². The van der Waals surface area contributed by atoms with Gasteiger partial charge < -0.3 is 5.32 Å². The minimum atomic E-state index is -4.70. The van der Waals surface area contributed by atoms with Gasteiger partial charge in [0.05, 0.1) is 17.6 Å². The lowest BCUT2D eigenvalue weighted by atomic mass is 10.2. The van der Waals surface area contributed by atoms with E-state index in [1.807, 2.05) is 0 Å². The van der Waals surface area contributed by atoms with Gasteiger partial charge in [0.2, 0.25) is 0 Å². The number of aromatic nitrogens is 4. The third-order valence-electron chi connectivity index (χ3n) is 4.12. The van der Waals surface area contributed by atoms with Crippen molar-refractivity contribution >= 4 is 17.2 Å². The first-order valence-corrected chi connectivity index (χ1v) is 8.45. The van der Waals surface area contributed by atoms with E-state index in [0.29, 0.717) is 0 Å². The van der Waals surface area contributed by atoms with Gasteiger partial charge in [0.1, 0.15) is 22.9 Å². The molecule has 0 unspecified atom stereocenters. The zero-order valence-corrected chi connectivity index (χ0v) is 14.8. The molecular formula is C19H11F6N5. The van der Waals surface area contributed by atoms with Crippen molar-refractivity contribution in [3.8, 4) is 11.4 Å². The third-order valence-corrected chi connectivity index (χ3v) is 4.12. The third kappa shape index (κ3) is 3.78. The van der Waals surface area contributed by atoms with Gasteiger partial charge in [-0.2, -0.15) is 26.3 Å². The molecule has 0 aromatic carbocycles. The maximum Gasteiger partial charge on any atom is 0.435 e. The van der Waals surface area contributed by atoms with Crippen LogP contribution >= 0.6 is 0 Å². The number of halogens is 6. The van der Waals surface area contributed by atoms with E-state index in [1.54, 1.807) is 12.1 Å². The fraction of sp³-hybridized carbons (Fsp3) is 0.105. The van der Waals surface area contributed by atoms with Gasteiger partial charge in [-0.25, -0.2) is 15.0 Å². The summed E-state index contributed by atoms with van der Waals surface area (Å²) in [5.41, 5.74) is -2.10. The van der Waals surface area contributed by atoms with E-state index in [1.165, 1.54) is 34.9 Å². The molecule has 5 nitrogen and oxygen atoms in total. The molecule has 0 amide bonds. The second-order valence-electron chi connectivity index (χ2n) is 6.20. The van der Waals surface area contributed by atoms with Crippen LogP contribution in [-0.4, -0.2) is 19.4 Å². The topological polar surface area (TPSA) is 55.1 Å². The molecule has 0 atom stereocenters. The molecule has 4 heterocycles. The van der Waals surface area contributed by atoms with Crippen LogP contribution in [-0.2, 0) is 12.4 Å². The quantitative estimate of drug-likeness (QED) is 0.438. The largest absolute Gasteiger partial charge is 0.435 e. The van der Waals surface area contributed by atoms with Crippen LogP contribution in [0.5, 0.6) is 0 Å². The molecule has 0 saturated heterocycles. The van der Waals surface area contributed by atoms with Gasteiger partial charge in [-0.15, -0.1) is 0 Å². The van der Waals surface area contributed by atoms with E-state index in [0.717, 1.165) is 18.3 Å². The van der Waals surface area contributed by atoms with Gasteiger partial charge in [-0.05, 0) is 36.4 Å². The number of hydrogen-bond donors (Lipinski definition) is 1. The second-order valence-corrected chi connectivity index (χ2v) is 6.20. The summed E-state index contributed by atoms with van der Waals surface area (Å²) in [6.45, 7) is 0. The lowest BCUT2D eigenvalue weighted by Crippen LogP contribution is -2.09. The molecule has 4 rings (SSSR count). The summed E-state index contributed by atoms with van der Waals surface area (Å²) in [4.78, 5) is 11.2. The summed E-state index contributed by atoms with van der Waals surface area (Å²) < 4.78 is 79.7. The summed E-state index contributed by atoms with van der Waals surface area (Å²) in [7, 11) is 0. The minimum absolute atomic E-state index is 0.00843. The van der Waals surface area contributed by atoms with Crippen molar-refractivity contribution in [3.63, 3.8) is 0 Å². The average molecular weight is 423 g/mol. The fourth-order valence-electron chi connectivity index (χ4n) is 2.86. The number of rotatable bonds is 3. The van der Waals surface area contributed by atoms with Crippen LogP contribution in [0, 0.1) is 0 Å². The van der Waals surface area contributed by atoms with Crippen molar-refractivity contribution < 1.29 is 26.3 Å². The van der Waals surface area contributed by atoms with Crippen LogP contribution in [0.4, 0.5) is 37.8 Å². The fourth-order valence-corrected chi connectivity index (χ4v) is 2.86. The first-order chi connectivity index (χ1) is 14.1. The Balaban J connectivity index is 1.73. The molecule has 1 N–H and O–H groups in total. The van der Waals surface area contributed by atoms with Crippen molar-refractivity contribution in [2.24, 2.45) is 0 Å². The molecule has 0 fully saturated rings. The molecule has 0 radical (unpaired) electrons. The Kier molecular flexibility index (Phi) is 4.60. The van der Waals surface area contributed by atoms with E-state index in [4.69, 9.17) is 0 Å². The molecule has 0 aliphatic heterocycles. The number of nitrogens with zero attached hydrogens (tertiary/aromatic N) is 4. The summed E-state index contributed by atoms with van der Waals surface area (Å²) >= 11 is 0. The monoisotopic (exact) mass is 423 g/mol. The summed E-state index contributed by atoms with van der Waals surface area (Å²) in [6, 6.07) is 10.8. The number of imidazole rings is 1. The van der Waals surface area contributed by atoms with Crippen molar-refractivity contribution in [3.05, 3.63) is 72.3 Å². The first kappa shape index (κ1) is 19.7. The molecule has 0 spiro atoms. The van der Waals surface area contributed by atoms with Crippen molar-refractivity contribution in [1.29, 1.82) is 0 Å². The highest BCUT2D eigenvalue weighted by Gasteiger charge is 2.38. The minimum Gasteiger partial charge on any atom is -0.339 e. The SMILES string of the molecule is FC(F)(F)c1ccc(Nc2cccc(-c3c(C(F)(F)F)nc4ccccn34)n2)cn1. The molecule has 0 aliphatic rings. The zero-order chi connectivity index (χ0) is 21.5. The van der Waals surface area contributed by atoms with Crippen LogP contribution in [0.25, 0.3) is 17.0 Å².